The van der Waals surface area contributed by atoms with Crippen LogP contribution in [0.5, 0.6) is 0 Å². The number of H-pyrrole nitrogens is 2. The van der Waals surface area contributed by atoms with Crippen molar-refractivity contribution >= 4 is 69.6 Å². The molecule has 8 atom stereocenters. The molecule has 4 heterocycles. The van der Waals surface area contributed by atoms with Crippen molar-refractivity contribution in [3.05, 3.63) is 107 Å². The number of aromatic nitrogens is 4. The molecule has 0 spiro atoms. The first-order valence-electron chi connectivity index (χ1n) is 28.0. The number of nitrogens with zero attached hydrogens (tertiary/aromatic N) is 4. The molecule has 6 aromatic rings. The molecular weight excluding hydrogens is 1000 g/mol. The van der Waals surface area contributed by atoms with Gasteiger partial charge in [-0.25, -0.2) is 19.6 Å². The maximum atomic E-state index is 14.7. The third kappa shape index (κ3) is 11.6. The largest absolute Gasteiger partial charge is 0.453 e. The lowest BCUT2D eigenvalue weighted by molar-refractivity contribution is -0.138. The van der Waals surface area contributed by atoms with Gasteiger partial charge in [0, 0.05) is 12.1 Å². The number of benzene rings is 4. The summed E-state index contributed by atoms with van der Waals surface area (Å²) < 4.78 is 9.95. The number of methoxy groups -OCH3 is 2. The van der Waals surface area contributed by atoms with Crippen molar-refractivity contribution in [1.29, 1.82) is 0 Å². The zero-order valence-electron chi connectivity index (χ0n) is 45.6. The highest BCUT2D eigenvalue weighted by molar-refractivity contribution is 7.98. The van der Waals surface area contributed by atoms with E-state index in [2.05, 4.69) is 117 Å². The number of thioether (sulfide) groups is 2. The van der Waals surface area contributed by atoms with Gasteiger partial charge in [0.15, 0.2) is 0 Å². The molecule has 10 rings (SSSR count). The van der Waals surface area contributed by atoms with Crippen molar-refractivity contribution in [1.82, 2.24) is 40.4 Å². The van der Waals surface area contributed by atoms with Gasteiger partial charge >= 0.3 is 12.2 Å². The fraction of sp³-hybridized carbons (Fsp3) is 0.508. The minimum atomic E-state index is -0.682. The number of amides is 4. The van der Waals surface area contributed by atoms with Crippen molar-refractivity contribution in [2.75, 3.05) is 38.2 Å². The highest BCUT2D eigenvalue weighted by atomic mass is 32.2. The van der Waals surface area contributed by atoms with Gasteiger partial charge < -0.3 is 39.9 Å². The van der Waals surface area contributed by atoms with Gasteiger partial charge in [-0.15, -0.1) is 0 Å². The van der Waals surface area contributed by atoms with E-state index < -0.39 is 24.3 Å². The third-order valence-electron chi connectivity index (χ3n) is 17.2. The Labute approximate surface area is 461 Å². The van der Waals surface area contributed by atoms with Gasteiger partial charge in [0.25, 0.3) is 0 Å². The summed E-state index contributed by atoms with van der Waals surface area (Å²) in [5.41, 5.74) is 13.1. The Bertz CT molecular complexity index is 3080. The van der Waals surface area contributed by atoms with Crippen LogP contribution in [0.15, 0.2) is 72.8 Å². The first kappa shape index (κ1) is 54.4. The predicted molar refractivity (Wildman–Crippen MR) is 309 cm³/mol. The lowest BCUT2D eigenvalue weighted by Crippen LogP contribution is -2.52. The topological polar surface area (TPSA) is 175 Å². The Hall–Kier alpha value is -6.00. The molecule has 4 amide bonds. The van der Waals surface area contributed by atoms with E-state index in [0.29, 0.717) is 24.7 Å². The van der Waals surface area contributed by atoms with Crippen molar-refractivity contribution < 1.29 is 28.7 Å². The number of ether oxygens (including phenoxy) is 2. The van der Waals surface area contributed by atoms with E-state index >= 15 is 0 Å². The van der Waals surface area contributed by atoms with Crippen LogP contribution in [0.25, 0.3) is 44.3 Å². The molecule has 4 N–H and O–H groups in total. The molecule has 0 radical (unpaired) electrons. The molecule has 2 saturated heterocycles. The van der Waals surface area contributed by atoms with Crippen LogP contribution in [0.4, 0.5) is 9.59 Å². The Kier molecular flexibility index (Phi) is 17.2. The summed E-state index contributed by atoms with van der Waals surface area (Å²) in [6.45, 7) is 4.34. The van der Waals surface area contributed by atoms with Crippen LogP contribution >= 0.6 is 23.5 Å². The number of fused-ring (bicyclic) bond motifs is 4. The molecule has 77 heavy (non-hydrogen) atoms. The van der Waals surface area contributed by atoms with Crippen molar-refractivity contribution in [2.24, 2.45) is 11.8 Å². The first-order chi connectivity index (χ1) is 37.5. The summed E-state index contributed by atoms with van der Waals surface area (Å²) in [5.74, 6) is 3.69. The summed E-state index contributed by atoms with van der Waals surface area (Å²) in [6.07, 6.45) is 16.6. The zero-order chi connectivity index (χ0) is 53.7. The number of hydrogen-bond acceptors (Lipinski definition) is 10. The van der Waals surface area contributed by atoms with Crippen LogP contribution in [-0.4, -0.2) is 116 Å². The number of rotatable bonds is 18. The van der Waals surface area contributed by atoms with E-state index in [4.69, 9.17) is 19.4 Å². The number of aromatic amines is 2. The zero-order valence-corrected chi connectivity index (χ0v) is 47.3. The van der Waals surface area contributed by atoms with Crippen LogP contribution in [0.3, 0.4) is 0 Å². The van der Waals surface area contributed by atoms with E-state index in [1.165, 1.54) is 47.6 Å². The molecule has 4 aliphatic rings. The van der Waals surface area contributed by atoms with Gasteiger partial charge in [-0.05, 0) is 177 Å². The van der Waals surface area contributed by atoms with Crippen LogP contribution in [-0.2, 0) is 38.3 Å². The fourth-order valence-electron chi connectivity index (χ4n) is 13.3. The second-order valence-electron chi connectivity index (χ2n) is 21.9. The third-order valence-corrected chi connectivity index (χ3v) is 18.5. The van der Waals surface area contributed by atoms with Gasteiger partial charge in [-0.1, -0.05) is 86.7 Å². The minimum absolute atomic E-state index is 0.0609. The molecule has 2 aliphatic heterocycles. The lowest BCUT2D eigenvalue weighted by Gasteiger charge is -2.36. The summed E-state index contributed by atoms with van der Waals surface area (Å²) in [6, 6.07) is 25.0. The number of imidazole rings is 2. The summed E-state index contributed by atoms with van der Waals surface area (Å²) >= 11 is 3.31. The summed E-state index contributed by atoms with van der Waals surface area (Å²) in [4.78, 5) is 76.5. The van der Waals surface area contributed by atoms with Crippen LogP contribution < -0.4 is 10.6 Å². The Balaban J connectivity index is 0.988. The molecule has 408 valence electrons. The number of carbonyl (C=O) groups excluding carboxylic acids is 4. The standard InChI is InChI=1S/C61H76N8O6S2/c1-7-38-30-45(41-23-25-47-51(33-41)65-57(63-47)55-35-43-13-9-11-15-53(43)69(55)59(71)49(27-29-77-6)67-61(73)75-4)39(21-20-37-18-16-36(2)17-19-37)31-44(38)40-22-24-46-50(32-40)64-56(62-46)54-34-42-12-8-10-14-52(42)68(54)58(70)48(26-28-76-5)66-60(72)74-3/h16-19,22-25,30-33,42-43,48-49,52-55H,7-15,20-21,26-29,34-35H2,1-6H3,(H,62,64)(H,63,65)(H,66,72)(H,67,73)/t42?,43?,48-,49-,52?,53?,54-,55-/m0/s1. The average molecular weight is 1080 g/mol. The van der Waals surface area contributed by atoms with Crippen molar-refractivity contribution in [3.8, 4) is 22.3 Å². The van der Waals surface area contributed by atoms with Crippen LogP contribution in [0, 0.1) is 18.8 Å². The Morgan fingerprint density at radius 3 is 1.57 bits per heavy atom. The quantitative estimate of drug-likeness (QED) is 0.0648. The maximum absolute atomic E-state index is 14.7. The van der Waals surface area contributed by atoms with E-state index in [-0.39, 0.29) is 36.0 Å². The molecular formula is C61H76N8O6S2. The average Bonchev–Trinajstić information content (AvgIpc) is 4.37. The van der Waals surface area contributed by atoms with E-state index in [9.17, 15) is 19.2 Å². The molecule has 2 aromatic heterocycles. The molecule has 4 unspecified atom stereocenters. The van der Waals surface area contributed by atoms with Gasteiger partial charge in [-0.2, -0.15) is 23.5 Å². The van der Waals surface area contributed by atoms with Gasteiger partial charge in [-0.3, -0.25) is 9.59 Å². The highest BCUT2D eigenvalue weighted by Crippen LogP contribution is 2.48. The number of aryl methyl sites for hydroxylation is 4. The summed E-state index contributed by atoms with van der Waals surface area (Å²) in [5, 5.41) is 5.74. The van der Waals surface area contributed by atoms with E-state index in [0.717, 1.165) is 140 Å². The normalized spacial score (nSPS) is 21.9. The number of alkyl carbamates (subject to hydrolysis) is 2. The number of likely N-dealkylation sites (tertiary alicyclic amines) is 2. The number of nitrogens with one attached hydrogen (secondary N) is 4. The molecule has 2 saturated carbocycles. The van der Waals surface area contributed by atoms with Crippen LogP contribution in [0.2, 0.25) is 0 Å². The van der Waals surface area contributed by atoms with E-state index in [1.54, 1.807) is 23.5 Å². The molecule has 4 fully saturated rings. The predicted octanol–water partition coefficient (Wildman–Crippen LogP) is 12.0. The molecule has 0 bridgehead atoms. The van der Waals surface area contributed by atoms with Gasteiger partial charge in [0.2, 0.25) is 11.8 Å². The van der Waals surface area contributed by atoms with Gasteiger partial charge in [0.1, 0.15) is 23.7 Å². The molecule has 14 nitrogen and oxygen atoms in total. The molecule has 2 aliphatic carbocycles. The highest BCUT2D eigenvalue weighted by Gasteiger charge is 2.49. The Morgan fingerprint density at radius 1 is 0.636 bits per heavy atom. The fourth-order valence-corrected chi connectivity index (χ4v) is 14.2. The smallest absolute Gasteiger partial charge is 0.407 e. The second kappa shape index (κ2) is 24.3. The Morgan fingerprint density at radius 2 is 1.10 bits per heavy atom. The van der Waals surface area contributed by atoms with Crippen molar-refractivity contribution in [3.63, 3.8) is 0 Å². The molecule has 4 aromatic carbocycles. The van der Waals surface area contributed by atoms with Crippen LogP contribution in [0.1, 0.15) is 130 Å². The number of carbonyl (C=O) groups is 4. The molecule has 16 heteroatoms. The summed E-state index contributed by atoms with van der Waals surface area (Å²) in [7, 11) is 2.68. The first-order valence-corrected chi connectivity index (χ1v) is 30.8. The monoisotopic (exact) mass is 1080 g/mol. The van der Waals surface area contributed by atoms with Gasteiger partial charge in [0.05, 0.1) is 48.4 Å². The van der Waals surface area contributed by atoms with E-state index in [1.807, 2.05) is 12.5 Å². The number of hydrogen-bond donors (Lipinski definition) is 4. The lowest BCUT2D eigenvalue weighted by atomic mass is 9.84. The maximum Gasteiger partial charge on any atom is 0.407 e. The van der Waals surface area contributed by atoms with Crippen molar-refractivity contribution in [2.45, 2.75) is 146 Å². The SMILES string of the molecule is CCc1cc(-c2ccc3[nH]c([C@@H]4CC5CCCCC5N4C(=O)[C@H](CCSC)NC(=O)OC)nc3c2)c(CCc2ccc(C)cc2)cc1-c1ccc2[nH]c([C@@H]3CC4CCCCC4N3C(=O)[C@H](CCSC)NC(=O)OC)nc2c1. The second-order valence-corrected chi connectivity index (χ2v) is 23.8. The minimum Gasteiger partial charge on any atom is -0.453 e.